The van der Waals surface area contributed by atoms with Crippen molar-refractivity contribution in [1.82, 2.24) is 14.9 Å². The molecule has 2 aliphatic rings. The molecular formula is C20H27N3O. The Morgan fingerprint density at radius 3 is 2.79 bits per heavy atom. The second-order valence-electron chi connectivity index (χ2n) is 7.99. The molecule has 0 radical (unpaired) electrons. The van der Waals surface area contributed by atoms with Crippen LogP contribution in [0.3, 0.4) is 0 Å². The Hall–Kier alpha value is -1.84. The molecule has 128 valence electrons. The monoisotopic (exact) mass is 325 g/mol. The van der Waals surface area contributed by atoms with E-state index in [9.17, 15) is 4.79 Å². The predicted molar refractivity (Wildman–Crippen MR) is 95.7 cm³/mol. The summed E-state index contributed by atoms with van der Waals surface area (Å²) in [4.78, 5) is 17.0. The molecule has 4 heteroatoms. The Balaban J connectivity index is 1.43. The van der Waals surface area contributed by atoms with Gasteiger partial charge in [-0.25, -0.2) is 4.98 Å². The molecule has 1 N–H and O–H groups in total. The molecule has 4 atom stereocenters. The molecule has 0 unspecified atom stereocenters. The van der Waals surface area contributed by atoms with Gasteiger partial charge < -0.3 is 9.88 Å². The first-order valence-corrected chi connectivity index (χ1v) is 9.22. The van der Waals surface area contributed by atoms with Crippen molar-refractivity contribution in [3.05, 3.63) is 29.6 Å². The zero-order valence-electron chi connectivity index (χ0n) is 14.9. The number of benzene rings is 1. The third-order valence-corrected chi connectivity index (χ3v) is 6.37. The summed E-state index contributed by atoms with van der Waals surface area (Å²) in [6, 6.07) is 4.51. The van der Waals surface area contributed by atoms with Crippen molar-refractivity contribution in [2.24, 2.45) is 17.8 Å². The zero-order chi connectivity index (χ0) is 16.8. The topological polar surface area (TPSA) is 46.9 Å². The number of nitrogens with one attached hydrogen (secondary N) is 1. The number of rotatable bonds is 4. The van der Waals surface area contributed by atoms with Gasteiger partial charge in [0, 0.05) is 6.04 Å². The Morgan fingerprint density at radius 2 is 2.08 bits per heavy atom. The second kappa shape index (κ2) is 5.91. The fourth-order valence-corrected chi connectivity index (χ4v) is 4.91. The Kier molecular flexibility index (Phi) is 3.86. The summed E-state index contributed by atoms with van der Waals surface area (Å²) >= 11 is 0. The predicted octanol–water partition coefficient (Wildman–Crippen LogP) is 3.59. The molecule has 4 rings (SSSR count). The normalized spacial score (nSPS) is 26.9. The maximum absolute atomic E-state index is 12.5. The van der Waals surface area contributed by atoms with Gasteiger partial charge in [-0.05, 0) is 81.0 Å². The largest absolute Gasteiger partial charge is 0.352 e. The molecule has 1 amide bonds. The van der Waals surface area contributed by atoms with E-state index in [1.54, 1.807) is 6.33 Å². The van der Waals surface area contributed by atoms with Gasteiger partial charge in [0.15, 0.2) is 0 Å². The summed E-state index contributed by atoms with van der Waals surface area (Å²) in [5.41, 5.74) is 4.48. The summed E-state index contributed by atoms with van der Waals surface area (Å²) in [7, 11) is 0. The van der Waals surface area contributed by atoms with Gasteiger partial charge in [0.05, 0.1) is 17.4 Å². The lowest BCUT2D eigenvalue weighted by atomic mass is 9.84. The first-order chi connectivity index (χ1) is 11.5. The van der Waals surface area contributed by atoms with E-state index in [4.69, 9.17) is 0 Å². The van der Waals surface area contributed by atoms with Gasteiger partial charge in [0.1, 0.15) is 6.54 Å². The molecule has 2 bridgehead atoms. The lowest BCUT2D eigenvalue weighted by Gasteiger charge is -2.28. The van der Waals surface area contributed by atoms with Crippen LogP contribution in [-0.4, -0.2) is 21.5 Å². The molecule has 2 aliphatic carbocycles. The third kappa shape index (κ3) is 2.72. The van der Waals surface area contributed by atoms with Gasteiger partial charge in [-0.2, -0.15) is 0 Å². The van der Waals surface area contributed by atoms with E-state index in [1.807, 2.05) is 4.57 Å². The fourth-order valence-electron chi connectivity index (χ4n) is 4.91. The van der Waals surface area contributed by atoms with Crippen LogP contribution in [0.5, 0.6) is 0 Å². The first-order valence-electron chi connectivity index (χ1n) is 9.22. The standard InChI is InChI=1S/C20H27N3O/c1-12-6-18-19(7-13(12)2)23(11-21-18)10-20(24)22-14(3)17-9-15-4-5-16(17)8-15/h6-7,11,14-17H,4-5,8-10H2,1-3H3,(H,22,24)/t14-,15-,16-,17-/m1/s1. The molecule has 0 spiro atoms. The molecule has 1 aromatic heterocycles. The lowest BCUT2D eigenvalue weighted by molar-refractivity contribution is -0.122. The van der Waals surface area contributed by atoms with Crippen molar-refractivity contribution >= 4 is 16.9 Å². The number of nitrogens with zero attached hydrogens (tertiary/aromatic N) is 2. The summed E-state index contributed by atoms with van der Waals surface area (Å²) in [5, 5.41) is 3.25. The van der Waals surface area contributed by atoms with Gasteiger partial charge in [-0.1, -0.05) is 6.42 Å². The van der Waals surface area contributed by atoms with Gasteiger partial charge in [0.25, 0.3) is 0 Å². The van der Waals surface area contributed by atoms with E-state index in [2.05, 4.69) is 43.2 Å². The minimum Gasteiger partial charge on any atom is -0.352 e. The van der Waals surface area contributed by atoms with E-state index in [-0.39, 0.29) is 11.9 Å². The molecule has 2 saturated carbocycles. The highest BCUT2D eigenvalue weighted by molar-refractivity contribution is 5.81. The molecular weight excluding hydrogens is 298 g/mol. The maximum atomic E-state index is 12.5. The van der Waals surface area contributed by atoms with E-state index < -0.39 is 0 Å². The summed E-state index contributed by atoms with van der Waals surface area (Å²) in [6.45, 7) is 6.73. The summed E-state index contributed by atoms with van der Waals surface area (Å²) in [6.07, 6.45) is 7.24. The van der Waals surface area contributed by atoms with Crippen LogP contribution < -0.4 is 5.32 Å². The number of hydrogen-bond acceptors (Lipinski definition) is 2. The minimum absolute atomic E-state index is 0.0998. The van der Waals surface area contributed by atoms with Crippen LogP contribution in [0.4, 0.5) is 0 Å². The van der Waals surface area contributed by atoms with Crippen molar-refractivity contribution in [1.29, 1.82) is 0 Å². The fraction of sp³-hybridized carbons (Fsp3) is 0.600. The molecule has 2 fully saturated rings. The van der Waals surface area contributed by atoms with Crippen LogP contribution >= 0.6 is 0 Å². The van der Waals surface area contributed by atoms with Crippen LogP contribution in [0, 0.1) is 31.6 Å². The summed E-state index contributed by atoms with van der Waals surface area (Å²) in [5.74, 6) is 2.54. The first kappa shape index (κ1) is 15.7. The zero-order valence-corrected chi connectivity index (χ0v) is 14.9. The SMILES string of the molecule is Cc1cc2ncn(CC(=O)N[C@H](C)[C@H]3C[C@@H]4CC[C@@H]3C4)c2cc1C. The van der Waals surface area contributed by atoms with Gasteiger partial charge >= 0.3 is 0 Å². The molecule has 0 saturated heterocycles. The minimum atomic E-state index is 0.0998. The summed E-state index contributed by atoms with van der Waals surface area (Å²) < 4.78 is 1.96. The van der Waals surface area contributed by atoms with Gasteiger partial charge in [-0.3, -0.25) is 4.79 Å². The van der Waals surface area contributed by atoms with Crippen LogP contribution in [0.15, 0.2) is 18.5 Å². The Bertz CT molecular complexity index is 779. The van der Waals surface area contributed by atoms with Gasteiger partial charge in [0.2, 0.25) is 5.91 Å². The Labute approximate surface area is 143 Å². The molecule has 1 aromatic carbocycles. The number of carbonyl (C=O) groups is 1. The van der Waals surface area contributed by atoms with Crippen LogP contribution in [-0.2, 0) is 11.3 Å². The van der Waals surface area contributed by atoms with Crippen LogP contribution in [0.1, 0.15) is 43.7 Å². The van der Waals surface area contributed by atoms with E-state index >= 15 is 0 Å². The Morgan fingerprint density at radius 1 is 1.29 bits per heavy atom. The van der Waals surface area contributed by atoms with Gasteiger partial charge in [-0.15, -0.1) is 0 Å². The van der Waals surface area contributed by atoms with Crippen molar-refractivity contribution in [2.75, 3.05) is 0 Å². The lowest BCUT2D eigenvalue weighted by Crippen LogP contribution is -2.41. The van der Waals surface area contributed by atoms with E-state index in [0.29, 0.717) is 12.5 Å². The van der Waals surface area contributed by atoms with Crippen molar-refractivity contribution < 1.29 is 4.79 Å². The molecule has 1 heterocycles. The maximum Gasteiger partial charge on any atom is 0.240 e. The average molecular weight is 325 g/mol. The molecule has 0 aliphatic heterocycles. The highest BCUT2D eigenvalue weighted by Gasteiger charge is 2.42. The van der Waals surface area contributed by atoms with Crippen LogP contribution in [0.2, 0.25) is 0 Å². The number of imidazole rings is 1. The second-order valence-corrected chi connectivity index (χ2v) is 7.99. The molecule has 24 heavy (non-hydrogen) atoms. The molecule has 4 nitrogen and oxygen atoms in total. The quantitative estimate of drug-likeness (QED) is 0.934. The van der Waals surface area contributed by atoms with Crippen molar-refractivity contribution in [3.8, 4) is 0 Å². The highest BCUT2D eigenvalue weighted by atomic mass is 16.2. The average Bonchev–Trinajstić information content (AvgIpc) is 3.25. The number of aromatic nitrogens is 2. The number of carbonyl (C=O) groups excluding carboxylic acids is 1. The van der Waals surface area contributed by atoms with Crippen molar-refractivity contribution in [2.45, 2.75) is 59.0 Å². The van der Waals surface area contributed by atoms with Crippen molar-refractivity contribution in [3.63, 3.8) is 0 Å². The van der Waals surface area contributed by atoms with E-state index in [1.165, 1.54) is 36.8 Å². The smallest absolute Gasteiger partial charge is 0.240 e. The highest BCUT2D eigenvalue weighted by Crippen LogP contribution is 2.49. The number of amides is 1. The number of fused-ring (bicyclic) bond motifs is 3. The number of hydrogen-bond donors (Lipinski definition) is 1. The molecule has 2 aromatic rings. The number of aryl methyl sites for hydroxylation is 2. The van der Waals surface area contributed by atoms with Crippen LogP contribution in [0.25, 0.3) is 11.0 Å². The third-order valence-electron chi connectivity index (χ3n) is 6.37. The van der Waals surface area contributed by atoms with E-state index in [0.717, 1.165) is 22.9 Å².